The Hall–Kier alpha value is -9.07. The largest absolute Gasteiger partial charge is 0.458 e. The average Bonchev–Trinajstić information content (AvgIpc) is 4.16. The molecule has 67 heavy (non-hydrogen) atoms. The summed E-state index contributed by atoms with van der Waals surface area (Å²) in [5.41, 5.74) is 5.13. The van der Waals surface area contributed by atoms with Gasteiger partial charge in [0.15, 0.2) is 0 Å². The first kappa shape index (κ1) is 27.3. The van der Waals surface area contributed by atoms with Crippen molar-refractivity contribution < 1.29 is 27.1 Å². The summed E-state index contributed by atoms with van der Waals surface area (Å²) in [5.74, 6) is 1.26. The minimum atomic E-state index is -2.56. The quantitative estimate of drug-likeness (QED) is 0.113. The molecule has 0 aliphatic rings. The number of hydrogen-bond acceptors (Lipinski definition) is 3. The molecule has 7 nitrogen and oxygen atoms in total. The summed E-state index contributed by atoms with van der Waals surface area (Å²) < 4.78 is 128. The van der Waals surface area contributed by atoms with Crippen LogP contribution in [-0.2, 0) is 0 Å². The maximum absolute atomic E-state index is 9.04. The van der Waals surface area contributed by atoms with E-state index < -0.39 is 67.3 Å². The number of imidazole rings is 1. The van der Waals surface area contributed by atoms with Crippen molar-refractivity contribution in [2.24, 2.45) is 0 Å². The summed E-state index contributed by atoms with van der Waals surface area (Å²) in [7, 11) is 0. The SMILES string of the molecule is [2H]c1c([2H])c([2H])c(-c2cccc(-c3c([2H])c([2H])c([2H])c([2H])c3[2H])c2-[n+]2[c-]n(-c3cccc(Oc4ccc5c6ccccc6n(-c6cc(C([2H])([2H])[2H])c(-n7c8ccccc8c8cccnc87)cn6)c5c4)c3)c3ccccc32)c([2H])c1[2H]. The van der Waals surface area contributed by atoms with E-state index in [1.165, 1.54) is 0 Å². The molecule has 5 heterocycles. The Morgan fingerprint density at radius 3 is 1.96 bits per heavy atom. The molecular formula is C60H40N6O. The lowest BCUT2D eigenvalue weighted by molar-refractivity contribution is -0.571. The van der Waals surface area contributed by atoms with Crippen LogP contribution in [0.25, 0.3) is 99.9 Å². The van der Waals surface area contributed by atoms with E-state index in [2.05, 4.69) is 6.33 Å². The van der Waals surface area contributed by atoms with Gasteiger partial charge in [-0.2, -0.15) is 0 Å². The Morgan fingerprint density at radius 2 is 1.19 bits per heavy atom. The van der Waals surface area contributed by atoms with Crippen LogP contribution in [0.5, 0.6) is 11.5 Å². The Kier molecular flexibility index (Phi) is 6.35. The van der Waals surface area contributed by atoms with Crippen molar-refractivity contribution in [1.82, 2.24) is 23.7 Å². The summed E-state index contributed by atoms with van der Waals surface area (Å²) in [6.45, 7) is -2.56. The first-order chi connectivity index (χ1) is 38.5. The standard InChI is InChI=1S/C60H40N6O/c1-40-35-58(62-38-57(40)66-53-29-11-9-24-49(53)51-27-16-34-61-60(51)66)65-52-28-10-8-23-48(52)50-33-32-45(37-56(50)65)67-44-22-14-21-43(36-44)63-39-64(55-31-13-12-30-54(55)63)59-46(41-17-4-2-5-18-41)25-15-26-47(59)42-19-6-3-7-20-42/h2-38H,1H3/i1D3,2D,3D,4D,5D,6D,7D,17D,18D,19D,20D. The number of fused-ring (bicyclic) bond motifs is 7. The van der Waals surface area contributed by atoms with Crippen molar-refractivity contribution in [1.29, 1.82) is 0 Å². The van der Waals surface area contributed by atoms with Crippen LogP contribution in [0.3, 0.4) is 0 Å². The molecule has 0 fully saturated rings. The van der Waals surface area contributed by atoms with Crippen LogP contribution in [0, 0.1) is 13.2 Å². The number of aromatic nitrogens is 6. The first-order valence-electron chi connectivity index (χ1n) is 27.9. The van der Waals surface area contributed by atoms with E-state index in [1.807, 2.05) is 106 Å². The normalized spacial score (nSPS) is 14.6. The highest BCUT2D eigenvalue weighted by molar-refractivity contribution is 6.10. The van der Waals surface area contributed by atoms with Gasteiger partial charge >= 0.3 is 0 Å². The molecular weight excluding hydrogens is 821 g/mol. The predicted octanol–water partition coefficient (Wildman–Crippen LogP) is 14.1. The Balaban J connectivity index is 0.948. The van der Waals surface area contributed by atoms with Crippen LogP contribution < -0.4 is 9.30 Å². The van der Waals surface area contributed by atoms with Crippen LogP contribution in [0.1, 0.15) is 23.4 Å². The molecule has 0 spiro atoms. The minimum absolute atomic E-state index is 0.0875. The smallest absolute Gasteiger partial charge is 0.269 e. The van der Waals surface area contributed by atoms with E-state index >= 15 is 0 Å². The van der Waals surface area contributed by atoms with Gasteiger partial charge in [-0.1, -0.05) is 145 Å². The number of ether oxygens (including phenoxy) is 1. The van der Waals surface area contributed by atoms with Crippen molar-refractivity contribution in [2.45, 2.75) is 6.85 Å². The number of aryl methyl sites for hydroxylation is 1. The lowest BCUT2D eigenvalue weighted by Crippen LogP contribution is -2.31. The number of benzene rings is 8. The summed E-state index contributed by atoms with van der Waals surface area (Å²) in [4.78, 5) is 9.68. The first-order valence-corrected chi connectivity index (χ1v) is 21.4. The van der Waals surface area contributed by atoms with Gasteiger partial charge in [0.05, 0.1) is 64.6 Å². The molecule has 0 unspecified atom stereocenters. The molecule has 0 atom stereocenters. The number of rotatable bonds is 8. The van der Waals surface area contributed by atoms with Gasteiger partial charge in [0, 0.05) is 37.9 Å². The van der Waals surface area contributed by atoms with E-state index in [9.17, 15) is 0 Å². The average molecular weight is 874 g/mol. The zero-order valence-electron chi connectivity index (χ0n) is 48.2. The molecule has 0 radical (unpaired) electrons. The van der Waals surface area contributed by atoms with Gasteiger partial charge in [-0.25, -0.2) is 9.97 Å². The van der Waals surface area contributed by atoms with Crippen LogP contribution in [-0.4, -0.2) is 23.7 Å². The van der Waals surface area contributed by atoms with Crippen LogP contribution in [0.4, 0.5) is 0 Å². The van der Waals surface area contributed by atoms with Crippen LogP contribution in [0.2, 0.25) is 0 Å². The highest BCUT2D eigenvalue weighted by Gasteiger charge is 2.21. The molecule has 0 aliphatic heterocycles. The topological polar surface area (TPSA) is 53.7 Å². The van der Waals surface area contributed by atoms with Gasteiger partial charge in [0.2, 0.25) is 0 Å². The summed E-state index contributed by atoms with van der Waals surface area (Å²) >= 11 is 0. The Morgan fingerprint density at radius 1 is 0.552 bits per heavy atom. The fraction of sp³-hybridized carbons (Fsp3) is 0.0167. The van der Waals surface area contributed by atoms with E-state index in [1.54, 1.807) is 76.1 Å². The highest BCUT2D eigenvalue weighted by Crippen LogP contribution is 2.38. The second-order valence-corrected chi connectivity index (χ2v) is 15.9. The second-order valence-electron chi connectivity index (χ2n) is 15.9. The third-order valence-electron chi connectivity index (χ3n) is 12.1. The molecule has 13 aromatic rings. The molecule has 0 aliphatic carbocycles. The molecule has 13 rings (SSSR count). The molecule has 8 aromatic carbocycles. The molecule has 0 saturated heterocycles. The van der Waals surface area contributed by atoms with Gasteiger partial charge in [-0.05, 0) is 95.3 Å². The fourth-order valence-electron chi connectivity index (χ4n) is 9.23. The van der Waals surface area contributed by atoms with E-state index in [0.29, 0.717) is 50.9 Å². The van der Waals surface area contributed by atoms with Crippen LogP contribution >= 0.6 is 0 Å². The summed E-state index contributed by atoms with van der Waals surface area (Å²) in [6.07, 6.45) is 6.70. The molecule has 5 aromatic heterocycles. The minimum Gasteiger partial charge on any atom is -0.458 e. The summed E-state index contributed by atoms with van der Waals surface area (Å²) in [6, 6.07) is 40.5. The third-order valence-corrected chi connectivity index (χ3v) is 12.1. The number of hydrogen-bond donors (Lipinski definition) is 0. The van der Waals surface area contributed by atoms with Crippen molar-refractivity contribution in [3.8, 4) is 56.6 Å². The zero-order valence-corrected chi connectivity index (χ0v) is 35.2. The molecule has 0 amide bonds. The highest BCUT2D eigenvalue weighted by atomic mass is 16.5. The van der Waals surface area contributed by atoms with Gasteiger partial charge < -0.3 is 4.74 Å². The van der Waals surface area contributed by atoms with E-state index in [0.717, 1.165) is 32.6 Å². The monoisotopic (exact) mass is 873 g/mol. The maximum Gasteiger partial charge on any atom is 0.269 e. The number of pyridine rings is 2. The van der Waals surface area contributed by atoms with Gasteiger partial charge in [0.25, 0.3) is 6.33 Å². The van der Waals surface area contributed by atoms with Crippen molar-refractivity contribution in [3.05, 3.63) is 236 Å². The molecule has 0 saturated carbocycles. The van der Waals surface area contributed by atoms with Crippen molar-refractivity contribution in [3.63, 3.8) is 0 Å². The number of nitrogens with zero attached hydrogens (tertiary/aromatic N) is 6. The van der Waals surface area contributed by atoms with E-state index in [4.69, 9.17) is 32.5 Å². The van der Waals surface area contributed by atoms with E-state index in [-0.39, 0.29) is 33.5 Å². The third kappa shape index (κ3) is 6.31. The maximum atomic E-state index is 9.04. The van der Waals surface area contributed by atoms with Gasteiger partial charge in [-0.3, -0.25) is 18.3 Å². The number of para-hydroxylation sites is 5. The van der Waals surface area contributed by atoms with Gasteiger partial charge in [-0.15, -0.1) is 0 Å². The lowest BCUT2D eigenvalue weighted by Gasteiger charge is -2.17. The van der Waals surface area contributed by atoms with Crippen molar-refractivity contribution >= 4 is 54.8 Å². The summed E-state index contributed by atoms with van der Waals surface area (Å²) in [5, 5.41) is 3.60. The van der Waals surface area contributed by atoms with Gasteiger partial charge in [0.1, 0.15) is 23.0 Å². The van der Waals surface area contributed by atoms with Crippen LogP contribution in [0.15, 0.2) is 224 Å². The Bertz CT molecular complexity index is 4580. The molecule has 7 heteroatoms. The van der Waals surface area contributed by atoms with Crippen molar-refractivity contribution in [2.75, 3.05) is 0 Å². The fourth-order valence-corrected chi connectivity index (χ4v) is 9.23. The molecule has 0 N–H and O–H groups in total. The lowest BCUT2D eigenvalue weighted by atomic mass is 9.95. The predicted molar refractivity (Wildman–Crippen MR) is 270 cm³/mol. The zero-order chi connectivity index (χ0) is 55.6. The molecule has 0 bridgehead atoms. The Labute approximate surface area is 404 Å². The molecule has 316 valence electrons. The second kappa shape index (κ2) is 15.6.